The first-order valence-electron chi connectivity index (χ1n) is 10.3. The number of fused-ring (bicyclic) bond motifs is 1. The fourth-order valence-electron chi connectivity index (χ4n) is 3.17. The Bertz CT molecular complexity index is 1260. The Morgan fingerprint density at radius 3 is 2.53 bits per heavy atom. The maximum atomic E-state index is 12.9. The number of hydrogen-bond donors (Lipinski definition) is 4. The first kappa shape index (κ1) is 24.7. The number of alkyl carbamates (subject to hydrolysis) is 1. The average Bonchev–Trinajstić information content (AvgIpc) is 2.71. The topological polar surface area (TPSA) is 162 Å². The van der Waals surface area contributed by atoms with Gasteiger partial charge in [0, 0.05) is 21.7 Å². The molecule has 0 saturated carbocycles. The second-order valence-corrected chi connectivity index (χ2v) is 8.97. The van der Waals surface area contributed by atoms with Crippen LogP contribution in [0.2, 0.25) is 5.02 Å². The minimum absolute atomic E-state index is 0.0855. The molecule has 11 heteroatoms. The zero-order valence-corrected chi connectivity index (χ0v) is 19.6. The minimum Gasteiger partial charge on any atom is -0.444 e. The van der Waals surface area contributed by atoms with Gasteiger partial charge < -0.3 is 26.8 Å². The largest absolute Gasteiger partial charge is 0.444 e. The summed E-state index contributed by atoms with van der Waals surface area (Å²) < 4.78 is 5.17. The van der Waals surface area contributed by atoms with E-state index in [0.29, 0.717) is 32.9 Å². The predicted molar refractivity (Wildman–Crippen MR) is 130 cm³/mol. The summed E-state index contributed by atoms with van der Waals surface area (Å²) in [6.07, 6.45) is -1.25. The molecule has 2 aromatic carbocycles. The normalized spacial score (nSPS) is 12.1. The minimum atomic E-state index is -1.23. The van der Waals surface area contributed by atoms with Gasteiger partial charge in [0.25, 0.3) is 0 Å². The quantitative estimate of drug-likeness (QED) is 0.417. The molecule has 3 amide bonds. The van der Waals surface area contributed by atoms with Crippen LogP contribution < -0.4 is 22.1 Å². The van der Waals surface area contributed by atoms with Crippen molar-refractivity contribution in [3.05, 3.63) is 47.5 Å². The lowest BCUT2D eigenvalue weighted by molar-refractivity contribution is -0.124. The lowest BCUT2D eigenvalue weighted by Crippen LogP contribution is -2.47. The lowest BCUT2D eigenvalue weighted by atomic mass is 10.1. The van der Waals surface area contributed by atoms with Gasteiger partial charge in [-0.25, -0.2) is 14.8 Å². The second kappa shape index (κ2) is 9.92. The molecule has 0 radical (unpaired) electrons. The first-order valence-corrected chi connectivity index (χ1v) is 10.7. The van der Waals surface area contributed by atoms with Crippen LogP contribution in [0.1, 0.15) is 27.2 Å². The van der Waals surface area contributed by atoms with Crippen molar-refractivity contribution in [2.45, 2.75) is 38.8 Å². The number of benzene rings is 2. The van der Waals surface area contributed by atoms with E-state index in [1.165, 1.54) is 0 Å². The number of rotatable bonds is 6. The molecule has 0 aliphatic carbocycles. The van der Waals surface area contributed by atoms with Crippen molar-refractivity contribution in [2.24, 2.45) is 5.73 Å². The monoisotopic (exact) mass is 484 g/mol. The number of primary amides is 1. The van der Waals surface area contributed by atoms with Crippen molar-refractivity contribution in [3.8, 4) is 11.3 Å². The smallest absolute Gasteiger partial charge is 0.408 e. The van der Waals surface area contributed by atoms with Crippen LogP contribution in [0, 0.1) is 0 Å². The van der Waals surface area contributed by atoms with Gasteiger partial charge in [0.05, 0.1) is 17.6 Å². The Balaban J connectivity index is 1.87. The van der Waals surface area contributed by atoms with Gasteiger partial charge in [-0.05, 0) is 51.1 Å². The predicted octanol–water partition coefficient (Wildman–Crippen LogP) is 3.24. The maximum absolute atomic E-state index is 12.9. The van der Waals surface area contributed by atoms with E-state index < -0.39 is 36.0 Å². The van der Waals surface area contributed by atoms with Gasteiger partial charge in [0.15, 0.2) is 0 Å². The van der Waals surface area contributed by atoms with Gasteiger partial charge in [0.1, 0.15) is 11.6 Å². The van der Waals surface area contributed by atoms with Gasteiger partial charge in [-0.2, -0.15) is 0 Å². The number of nitrogens with two attached hydrogens (primary N) is 2. The Labute approximate surface area is 201 Å². The number of halogens is 1. The van der Waals surface area contributed by atoms with Crippen molar-refractivity contribution in [3.63, 3.8) is 0 Å². The molecule has 0 saturated heterocycles. The number of aromatic nitrogens is 2. The molecular formula is C23H25ClN6O4. The lowest BCUT2D eigenvalue weighted by Gasteiger charge is -2.23. The summed E-state index contributed by atoms with van der Waals surface area (Å²) in [5.74, 6) is -1.32. The van der Waals surface area contributed by atoms with Crippen LogP contribution in [0.15, 0.2) is 42.5 Å². The number of hydrogen-bond acceptors (Lipinski definition) is 7. The SMILES string of the molecule is CC(C)(C)OC(=O)NC(CC(N)=O)C(=O)Nc1cccc(-c2nc(N)nc3ccc(Cl)cc23)c1. The molecule has 178 valence electrons. The van der Waals surface area contributed by atoms with Crippen molar-refractivity contribution in [1.82, 2.24) is 15.3 Å². The van der Waals surface area contributed by atoms with Crippen molar-refractivity contribution < 1.29 is 19.1 Å². The highest BCUT2D eigenvalue weighted by Gasteiger charge is 2.26. The molecule has 34 heavy (non-hydrogen) atoms. The summed E-state index contributed by atoms with van der Waals surface area (Å²) in [5, 5.41) is 6.26. The number of carbonyl (C=O) groups is 3. The van der Waals surface area contributed by atoms with E-state index >= 15 is 0 Å². The summed E-state index contributed by atoms with van der Waals surface area (Å²) in [6.45, 7) is 5.04. The number of anilines is 2. The molecule has 3 aromatic rings. The molecule has 0 aliphatic heterocycles. The highest BCUT2D eigenvalue weighted by atomic mass is 35.5. The summed E-state index contributed by atoms with van der Waals surface area (Å²) >= 11 is 6.15. The molecule has 1 atom stereocenters. The summed E-state index contributed by atoms with van der Waals surface area (Å²) in [7, 11) is 0. The molecule has 0 bridgehead atoms. The van der Waals surface area contributed by atoms with Crippen molar-refractivity contribution >= 4 is 52.0 Å². The number of nitrogens with zero attached hydrogens (tertiary/aromatic N) is 2. The highest BCUT2D eigenvalue weighted by molar-refractivity contribution is 6.31. The van der Waals surface area contributed by atoms with Crippen LogP contribution in [0.3, 0.4) is 0 Å². The molecule has 0 spiro atoms. The summed E-state index contributed by atoms with van der Waals surface area (Å²) in [4.78, 5) is 45.0. The number of nitrogen functional groups attached to an aromatic ring is 1. The van der Waals surface area contributed by atoms with Gasteiger partial charge in [-0.15, -0.1) is 0 Å². The zero-order chi connectivity index (χ0) is 25.0. The highest BCUT2D eigenvalue weighted by Crippen LogP contribution is 2.30. The Morgan fingerprint density at radius 2 is 1.85 bits per heavy atom. The fraction of sp³-hybridized carbons (Fsp3) is 0.261. The van der Waals surface area contributed by atoms with E-state index in [9.17, 15) is 14.4 Å². The third kappa shape index (κ3) is 6.55. The third-order valence-corrected chi connectivity index (χ3v) is 4.73. The fourth-order valence-corrected chi connectivity index (χ4v) is 3.34. The molecule has 0 fully saturated rings. The van der Waals surface area contributed by atoms with Crippen LogP contribution >= 0.6 is 11.6 Å². The second-order valence-electron chi connectivity index (χ2n) is 8.53. The van der Waals surface area contributed by atoms with Crippen LogP contribution in [0.5, 0.6) is 0 Å². The van der Waals surface area contributed by atoms with E-state index in [1.54, 1.807) is 63.2 Å². The molecule has 1 unspecified atom stereocenters. The van der Waals surface area contributed by atoms with Gasteiger partial charge in [-0.1, -0.05) is 23.7 Å². The molecule has 1 aromatic heterocycles. The number of nitrogens with one attached hydrogen (secondary N) is 2. The van der Waals surface area contributed by atoms with Gasteiger partial charge >= 0.3 is 6.09 Å². The number of ether oxygens (including phenoxy) is 1. The molecule has 6 N–H and O–H groups in total. The van der Waals surface area contributed by atoms with Crippen LogP contribution in [0.25, 0.3) is 22.2 Å². The molecule has 10 nitrogen and oxygen atoms in total. The molecule has 1 heterocycles. The maximum Gasteiger partial charge on any atom is 0.408 e. The van der Waals surface area contributed by atoms with Gasteiger partial charge in [0.2, 0.25) is 17.8 Å². The number of amides is 3. The summed E-state index contributed by atoms with van der Waals surface area (Å²) in [6, 6.07) is 10.8. The van der Waals surface area contributed by atoms with Crippen LogP contribution in [-0.4, -0.2) is 39.5 Å². The van der Waals surface area contributed by atoms with E-state index in [4.69, 9.17) is 27.8 Å². The van der Waals surface area contributed by atoms with E-state index in [0.717, 1.165) is 0 Å². The molecule has 3 rings (SSSR count). The average molecular weight is 485 g/mol. The summed E-state index contributed by atoms with van der Waals surface area (Å²) in [5.41, 5.74) is 12.5. The standard InChI is InChI=1S/C23H25ClN6O4/c1-23(2,3)34-22(33)29-17(11-18(25)31)20(32)27-14-6-4-5-12(9-14)19-15-10-13(24)7-8-16(15)28-21(26)30-19/h4-10,17H,11H2,1-3H3,(H2,25,31)(H,27,32)(H,29,33)(H2,26,28,30). The molecular weight excluding hydrogens is 460 g/mol. The van der Waals surface area contributed by atoms with Crippen LogP contribution in [0.4, 0.5) is 16.4 Å². The Hall–Kier alpha value is -3.92. The zero-order valence-electron chi connectivity index (χ0n) is 18.9. The van der Waals surface area contributed by atoms with Gasteiger partial charge in [-0.3, -0.25) is 9.59 Å². The van der Waals surface area contributed by atoms with Crippen LogP contribution in [-0.2, 0) is 14.3 Å². The molecule has 0 aliphatic rings. The van der Waals surface area contributed by atoms with E-state index in [-0.39, 0.29) is 5.95 Å². The van der Waals surface area contributed by atoms with Crippen molar-refractivity contribution in [1.29, 1.82) is 0 Å². The van der Waals surface area contributed by atoms with Crippen molar-refractivity contribution in [2.75, 3.05) is 11.1 Å². The Kier molecular flexibility index (Phi) is 7.21. The third-order valence-electron chi connectivity index (χ3n) is 4.49. The van der Waals surface area contributed by atoms with E-state index in [1.807, 2.05) is 0 Å². The Morgan fingerprint density at radius 1 is 1.12 bits per heavy atom. The number of carbonyl (C=O) groups excluding carboxylic acids is 3. The first-order chi connectivity index (χ1) is 15.9. The van der Waals surface area contributed by atoms with E-state index in [2.05, 4.69) is 20.6 Å².